The third-order valence-electron chi connectivity index (χ3n) is 5.75. The largest absolute Gasteiger partial charge is 0.342 e. The van der Waals surface area contributed by atoms with Crippen LogP contribution in [0.2, 0.25) is 5.02 Å². The van der Waals surface area contributed by atoms with Gasteiger partial charge in [-0.05, 0) is 68.1 Å². The maximum Gasteiger partial charge on any atom is 0.0646 e. The van der Waals surface area contributed by atoms with E-state index >= 15 is 0 Å². The van der Waals surface area contributed by atoms with Crippen molar-refractivity contribution in [2.24, 2.45) is 0 Å². The molecule has 144 valence electrons. The lowest BCUT2D eigenvalue weighted by Crippen LogP contribution is -2.17. The van der Waals surface area contributed by atoms with E-state index in [4.69, 9.17) is 16.6 Å². The van der Waals surface area contributed by atoms with Gasteiger partial charge in [0.1, 0.15) is 0 Å². The molecule has 1 aliphatic heterocycles. The molecule has 0 saturated heterocycles. The second kappa shape index (κ2) is 8.85. The highest BCUT2D eigenvalue weighted by Crippen LogP contribution is 2.37. The Labute approximate surface area is 171 Å². The molecule has 1 saturated carbocycles. The van der Waals surface area contributed by atoms with Crippen LogP contribution in [-0.2, 0) is 18.6 Å². The van der Waals surface area contributed by atoms with Crippen molar-refractivity contribution >= 4 is 34.7 Å². The summed E-state index contributed by atoms with van der Waals surface area (Å²) in [4.78, 5) is 6.93. The van der Waals surface area contributed by atoms with Gasteiger partial charge in [-0.1, -0.05) is 30.5 Å². The van der Waals surface area contributed by atoms with E-state index < -0.39 is 0 Å². The first-order valence-corrected chi connectivity index (χ1v) is 11.5. The summed E-state index contributed by atoms with van der Waals surface area (Å²) in [7, 11) is 2.10. The molecule has 2 heterocycles. The molecule has 1 fully saturated rings. The van der Waals surface area contributed by atoms with Gasteiger partial charge in [0.05, 0.1) is 28.3 Å². The summed E-state index contributed by atoms with van der Waals surface area (Å²) in [6, 6.07) is 8.58. The van der Waals surface area contributed by atoms with Crippen LogP contribution in [0.5, 0.6) is 0 Å². The normalized spacial score (nSPS) is 17.6. The number of fused-ring (bicyclic) bond motifs is 1. The summed E-state index contributed by atoms with van der Waals surface area (Å²) in [5.74, 6) is 1.02. The van der Waals surface area contributed by atoms with Crippen molar-refractivity contribution in [2.45, 2.75) is 49.5 Å². The van der Waals surface area contributed by atoms with Crippen LogP contribution in [0.15, 0.2) is 30.5 Å². The zero-order chi connectivity index (χ0) is 18.6. The first-order valence-electron chi connectivity index (χ1n) is 10.0. The zero-order valence-corrected chi connectivity index (χ0v) is 17.6. The third kappa shape index (κ3) is 4.44. The molecule has 1 N–H and O–H groups in total. The first-order chi connectivity index (χ1) is 13.2. The quantitative estimate of drug-likeness (QED) is 0.729. The molecule has 2 aromatic rings. The highest BCUT2D eigenvalue weighted by molar-refractivity contribution is 7.99. The van der Waals surface area contributed by atoms with Crippen molar-refractivity contribution in [3.8, 4) is 0 Å². The fourth-order valence-electron chi connectivity index (χ4n) is 4.17. The van der Waals surface area contributed by atoms with Crippen LogP contribution in [0.4, 0.5) is 11.4 Å². The summed E-state index contributed by atoms with van der Waals surface area (Å²) in [6.45, 7) is 2.04. The van der Waals surface area contributed by atoms with E-state index in [1.54, 1.807) is 0 Å². The average molecular weight is 402 g/mol. The molecule has 0 unspecified atom stereocenters. The van der Waals surface area contributed by atoms with Crippen LogP contribution in [0.1, 0.15) is 42.5 Å². The van der Waals surface area contributed by atoms with Gasteiger partial charge in [0.15, 0.2) is 0 Å². The minimum atomic E-state index is 0.819. The van der Waals surface area contributed by atoms with E-state index in [0.717, 1.165) is 53.3 Å². The van der Waals surface area contributed by atoms with Gasteiger partial charge in [-0.3, -0.25) is 4.98 Å². The summed E-state index contributed by atoms with van der Waals surface area (Å²) < 4.78 is 0. The van der Waals surface area contributed by atoms with Crippen LogP contribution >= 0.6 is 23.4 Å². The number of hydrogen-bond donors (Lipinski definition) is 1. The van der Waals surface area contributed by atoms with Gasteiger partial charge >= 0.3 is 0 Å². The molecule has 27 heavy (non-hydrogen) atoms. The number of aromatic nitrogens is 1. The van der Waals surface area contributed by atoms with Crippen LogP contribution < -0.4 is 10.2 Å². The summed E-state index contributed by atoms with van der Waals surface area (Å²) in [5, 5.41) is 5.14. The standard InChI is InChI=1S/C22H28ClN3S/c1-26(22-20-11-13-24-12-10-16(20)6-9-21(22)23)18-8-7-17(25-14-18)15-27-19-4-2-3-5-19/h6-9,14,19,24H,2-5,10-13,15H2,1H3. The van der Waals surface area contributed by atoms with Crippen molar-refractivity contribution in [3.05, 3.63) is 52.3 Å². The third-order valence-corrected chi connectivity index (χ3v) is 7.46. The van der Waals surface area contributed by atoms with Gasteiger partial charge in [0.2, 0.25) is 0 Å². The lowest BCUT2D eigenvalue weighted by molar-refractivity contribution is 0.711. The predicted octanol–water partition coefficient (Wildman–Crippen LogP) is 5.37. The Morgan fingerprint density at radius 3 is 2.74 bits per heavy atom. The molecule has 0 amide bonds. The van der Waals surface area contributed by atoms with Crippen molar-refractivity contribution in [2.75, 3.05) is 25.0 Å². The molecule has 2 aliphatic rings. The monoisotopic (exact) mass is 401 g/mol. The number of nitrogens with zero attached hydrogens (tertiary/aromatic N) is 2. The Hall–Kier alpha value is -1.23. The molecular formula is C22H28ClN3S. The van der Waals surface area contributed by atoms with Crippen molar-refractivity contribution < 1.29 is 0 Å². The zero-order valence-electron chi connectivity index (χ0n) is 16.0. The average Bonchev–Trinajstić information content (AvgIpc) is 3.10. The lowest BCUT2D eigenvalue weighted by Gasteiger charge is -2.25. The summed E-state index contributed by atoms with van der Waals surface area (Å²) in [5.41, 5.74) is 6.18. The number of benzene rings is 1. The minimum absolute atomic E-state index is 0.819. The Bertz CT molecular complexity index is 772. The smallest absolute Gasteiger partial charge is 0.0646 e. The molecule has 5 heteroatoms. The first kappa shape index (κ1) is 19.1. The topological polar surface area (TPSA) is 28.2 Å². The number of halogens is 1. The minimum Gasteiger partial charge on any atom is -0.342 e. The van der Waals surface area contributed by atoms with E-state index in [1.807, 2.05) is 12.3 Å². The van der Waals surface area contributed by atoms with Crippen LogP contribution in [-0.4, -0.2) is 30.4 Å². The van der Waals surface area contributed by atoms with E-state index in [-0.39, 0.29) is 0 Å². The molecule has 1 aromatic carbocycles. The molecule has 4 rings (SSSR count). The van der Waals surface area contributed by atoms with Crippen molar-refractivity contribution in [3.63, 3.8) is 0 Å². The number of nitrogens with one attached hydrogen (secondary N) is 1. The Morgan fingerprint density at radius 1 is 1.15 bits per heavy atom. The lowest BCUT2D eigenvalue weighted by atomic mass is 10.00. The van der Waals surface area contributed by atoms with Gasteiger partial charge < -0.3 is 10.2 Å². The van der Waals surface area contributed by atoms with Gasteiger partial charge in [0, 0.05) is 18.1 Å². The van der Waals surface area contributed by atoms with Gasteiger partial charge in [-0.25, -0.2) is 0 Å². The second-order valence-electron chi connectivity index (χ2n) is 7.57. The molecule has 0 radical (unpaired) electrons. The second-order valence-corrected chi connectivity index (χ2v) is 9.26. The fourth-order valence-corrected chi connectivity index (χ4v) is 5.72. The Balaban J connectivity index is 1.51. The van der Waals surface area contributed by atoms with Gasteiger partial charge in [0.25, 0.3) is 0 Å². The number of pyridine rings is 1. The summed E-state index contributed by atoms with van der Waals surface area (Å²) in [6.07, 6.45) is 9.60. The van der Waals surface area contributed by atoms with E-state index in [0.29, 0.717) is 0 Å². The molecule has 0 spiro atoms. The molecular weight excluding hydrogens is 374 g/mol. The van der Waals surface area contributed by atoms with Crippen LogP contribution in [0, 0.1) is 0 Å². The fraction of sp³-hybridized carbons (Fsp3) is 0.500. The number of hydrogen-bond acceptors (Lipinski definition) is 4. The van der Waals surface area contributed by atoms with Crippen molar-refractivity contribution in [1.82, 2.24) is 10.3 Å². The summed E-state index contributed by atoms with van der Waals surface area (Å²) >= 11 is 8.69. The molecule has 1 aliphatic carbocycles. The molecule has 0 bridgehead atoms. The number of thioether (sulfide) groups is 1. The SMILES string of the molecule is CN(c1ccc(CSC2CCCC2)nc1)c1c(Cl)ccc2c1CCNCC2. The maximum absolute atomic E-state index is 6.63. The van der Waals surface area contributed by atoms with Crippen LogP contribution in [0.25, 0.3) is 0 Å². The van der Waals surface area contributed by atoms with E-state index in [9.17, 15) is 0 Å². The number of rotatable bonds is 5. The van der Waals surface area contributed by atoms with Crippen molar-refractivity contribution in [1.29, 1.82) is 0 Å². The van der Waals surface area contributed by atoms with E-state index in [2.05, 4.69) is 47.2 Å². The van der Waals surface area contributed by atoms with Gasteiger partial charge in [-0.2, -0.15) is 11.8 Å². The molecule has 0 atom stereocenters. The molecule has 1 aromatic heterocycles. The molecule has 3 nitrogen and oxygen atoms in total. The van der Waals surface area contributed by atoms with Gasteiger partial charge in [-0.15, -0.1) is 0 Å². The maximum atomic E-state index is 6.63. The Morgan fingerprint density at radius 2 is 1.96 bits per heavy atom. The highest BCUT2D eigenvalue weighted by atomic mass is 35.5. The predicted molar refractivity (Wildman–Crippen MR) is 118 cm³/mol. The highest BCUT2D eigenvalue weighted by Gasteiger charge is 2.19. The number of anilines is 2. The Kier molecular flexibility index (Phi) is 6.26. The van der Waals surface area contributed by atoms with Crippen LogP contribution in [0.3, 0.4) is 0 Å². The van der Waals surface area contributed by atoms with E-state index in [1.165, 1.54) is 42.5 Å².